The van der Waals surface area contributed by atoms with Gasteiger partial charge in [-0.3, -0.25) is 4.79 Å². The van der Waals surface area contributed by atoms with E-state index in [-0.39, 0.29) is 42.6 Å². The summed E-state index contributed by atoms with van der Waals surface area (Å²) in [4.78, 5) is 17.9. The van der Waals surface area contributed by atoms with Crippen molar-refractivity contribution in [3.05, 3.63) is 59.7 Å². The topological polar surface area (TPSA) is 75.2 Å². The van der Waals surface area contributed by atoms with Gasteiger partial charge in [0.15, 0.2) is 12.6 Å². The fourth-order valence-corrected chi connectivity index (χ4v) is 3.10. The fourth-order valence-electron chi connectivity index (χ4n) is 3.10. The number of amides is 1. The minimum atomic E-state index is -0.0756. The molecule has 0 aromatic heterocycles. The van der Waals surface area contributed by atoms with Gasteiger partial charge >= 0.3 is 0 Å². The number of hydrogen-bond donors (Lipinski definition) is 2. The highest BCUT2D eigenvalue weighted by atomic mass is 127. The smallest absolute Gasteiger partial charge is 0.259 e. The first kappa shape index (κ1) is 24.8. The molecule has 1 amide bonds. The SMILES string of the molecule is CCNC(=NCc1cccc(OCC(=O)N(C)C)c1)NCC1Cc2ccccc2O1.I. The number of nitrogens with zero attached hydrogens (tertiary/aromatic N) is 2. The Morgan fingerprint density at radius 2 is 2.00 bits per heavy atom. The van der Waals surface area contributed by atoms with E-state index in [0.717, 1.165) is 30.2 Å². The lowest BCUT2D eigenvalue weighted by Gasteiger charge is -2.15. The molecule has 0 saturated heterocycles. The molecule has 168 valence electrons. The normalized spacial score (nSPS) is 14.7. The summed E-state index contributed by atoms with van der Waals surface area (Å²) in [7, 11) is 3.42. The van der Waals surface area contributed by atoms with Crippen molar-refractivity contribution in [3.8, 4) is 11.5 Å². The molecule has 1 heterocycles. The maximum Gasteiger partial charge on any atom is 0.259 e. The number of carbonyl (C=O) groups excluding carboxylic acids is 1. The Hall–Kier alpha value is -2.49. The van der Waals surface area contributed by atoms with Crippen LogP contribution in [-0.4, -0.2) is 56.7 Å². The van der Waals surface area contributed by atoms with Crippen molar-refractivity contribution < 1.29 is 14.3 Å². The second kappa shape index (κ2) is 12.4. The van der Waals surface area contributed by atoms with E-state index in [0.29, 0.717) is 18.8 Å². The van der Waals surface area contributed by atoms with Crippen LogP contribution in [0.3, 0.4) is 0 Å². The Morgan fingerprint density at radius 1 is 1.19 bits per heavy atom. The summed E-state index contributed by atoms with van der Waals surface area (Å²) in [6.07, 6.45) is 0.991. The number of guanidine groups is 1. The molecule has 0 fully saturated rings. The van der Waals surface area contributed by atoms with Crippen LogP contribution in [-0.2, 0) is 17.8 Å². The van der Waals surface area contributed by atoms with Crippen LogP contribution < -0.4 is 20.1 Å². The lowest BCUT2D eigenvalue weighted by molar-refractivity contribution is -0.130. The third-order valence-corrected chi connectivity index (χ3v) is 4.73. The zero-order chi connectivity index (χ0) is 21.3. The van der Waals surface area contributed by atoms with Gasteiger partial charge in [-0.15, -0.1) is 24.0 Å². The fraction of sp³-hybridized carbons (Fsp3) is 0.391. The van der Waals surface area contributed by atoms with E-state index in [2.05, 4.69) is 21.7 Å². The van der Waals surface area contributed by atoms with Crippen molar-refractivity contribution in [2.24, 2.45) is 4.99 Å². The number of carbonyl (C=O) groups is 1. The van der Waals surface area contributed by atoms with Gasteiger partial charge in [-0.05, 0) is 36.2 Å². The molecule has 1 aliphatic heterocycles. The zero-order valence-electron chi connectivity index (χ0n) is 18.3. The van der Waals surface area contributed by atoms with Crippen molar-refractivity contribution in [3.63, 3.8) is 0 Å². The van der Waals surface area contributed by atoms with E-state index in [1.54, 1.807) is 14.1 Å². The standard InChI is InChI=1S/C23H30N4O3.HI/c1-4-24-23(26-15-20-13-18-9-5-6-11-21(18)30-20)25-14-17-8-7-10-19(12-17)29-16-22(28)27(2)3;/h5-12,20H,4,13-16H2,1-3H3,(H2,24,25,26);1H. The molecule has 0 bridgehead atoms. The Morgan fingerprint density at radius 3 is 2.74 bits per heavy atom. The number of fused-ring (bicyclic) bond motifs is 1. The van der Waals surface area contributed by atoms with Gasteiger partial charge < -0.3 is 25.0 Å². The molecule has 8 heteroatoms. The summed E-state index contributed by atoms with van der Waals surface area (Å²) in [5, 5.41) is 6.63. The number of hydrogen-bond acceptors (Lipinski definition) is 4. The predicted molar refractivity (Wildman–Crippen MR) is 133 cm³/mol. The summed E-state index contributed by atoms with van der Waals surface area (Å²) >= 11 is 0. The first-order chi connectivity index (χ1) is 14.5. The summed E-state index contributed by atoms with van der Waals surface area (Å²) in [6.45, 7) is 4.01. The largest absolute Gasteiger partial charge is 0.488 e. The highest BCUT2D eigenvalue weighted by molar-refractivity contribution is 14.0. The molecule has 0 radical (unpaired) electrons. The van der Waals surface area contributed by atoms with Crippen LogP contribution >= 0.6 is 24.0 Å². The maximum atomic E-state index is 11.7. The summed E-state index contributed by atoms with van der Waals surface area (Å²) in [5.41, 5.74) is 2.25. The predicted octanol–water partition coefficient (Wildman–Crippen LogP) is 2.83. The summed E-state index contributed by atoms with van der Waals surface area (Å²) in [6, 6.07) is 15.8. The molecule has 0 aliphatic carbocycles. The van der Waals surface area contributed by atoms with Crippen molar-refractivity contribution in [1.82, 2.24) is 15.5 Å². The molecule has 1 aliphatic rings. The number of halogens is 1. The van der Waals surface area contributed by atoms with E-state index in [4.69, 9.17) is 9.47 Å². The van der Waals surface area contributed by atoms with Gasteiger partial charge in [0, 0.05) is 27.1 Å². The Labute approximate surface area is 201 Å². The van der Waals surface area contributed by atoms with Gasteiger partial charge in [0.2, 0.25) is 0 Å². The van der Waals surface area contributed by atoms with Crippen molar-refractivity contribution >= 4 is 35.8 Å². The van der Waals surface area contributed by atoms with E-state index in [1.807, 2.05) is 49.4 Å². The minimum Gasteiger partial charge on any atom is -0.488 e. The molecule has 0 saturated carbocycles. The molecule has 2 N–H and O–H groups in total. The zero-order valence-corrected chi connectivity index (χ0v) is 20.6. The molecule has 2 aromatic carbocycles. The van der Waals surface area contributed by atoms with E-state index in [1.165, 1.54) is 10.5 Å². The Kier molecular flexibility index (Phi) is 9.90. The van der Waals surface area contributed by atoms with E-state index < -0.39 is 0 Å². The lowest BCUT2D eigenvalue weighted by Crippen LogP contribution is -2.42. The molecule has 31 heavy (non-hydrogen) atoms. The summed E-state index contributed by atoms with van der Waals surface area (Å²) < 4.78 is 11.6. The molecular formula is C23H31IN4O3. The number of ether oxygens (including phenoxy) is 2. The monoisotopic (exact) mass is 538 g/mol. The minimum absolute atomic E-state index is 0. The van der Waals surface area contributed by atoms with Crippen molar-refractivity contribution in [2.45, 2.75) is 26.0 Å². The van der Waals surface area contributed by atoms with Gasteiger partial charge in [0.1, 0.15) is 17.6 Å². The number of nitrogens with one attached hydrogen (secondary N) is 2. The molecule has 2 aromatic rings. The first-order valence-corrected chi connectivity index (χ1v) is 10.2. The van der Waals surface area contributed by atoms with Gasteiger partial charge in [0.05, 0.1) is 13.1 Å². The van der Waals surface area contributed by atoms with Crippen LogP contribution in [0.5, 0.6) is 11.5 Å². The Balaban J connectivity index is 0.00000341. The molecule has 3 rings (SSSR count). The molecule has 1 atom stereocenters. The van der Waals surface area contributed by atoms with Crippen LogP contribution in [0.2, 0.25) is 0 Å². The summed E-state index contributed by atoms with van der Waals surface area (Å²) in [5.74, 6) is 2.29. The molecular weight excluding hydrogens is 507 g/mol. The lowest BCUT2D eigenvalue weighted by atomic mass is 10.1. The van der Waals surface area contributed by atoms with Gasteiger partial charge in [-0.2, -0.15) is 0 Å². The van der Waals surface area contributed by atoms with Gasteiger partial charge in [-0.25, -0.2) is 4.99 Å². The highest BCUT2D eigenvalue weighted by Gasteiger charge is 2.22. The van der Waals surface area contributed by atoms with Gasteiger partial charge in [0.25, 0.3) is 5.91 Å². The van der Waals surface area contributed by atoms with Crippen LogP contribution in [0.1, 0.15) is 18.1 Å². The average molecular weight is 538 g/mol. The van der Waals surface area contributed by atoms with Crippen LogP contribution in [0.25, 0.3) is 0 Å². The molecule has 0 spiro atoms. The highest BCUT2D eigenvalue weighted by Crippen LogP contribution is 2.27. The van der Waals surface area contributed by atoms with Gasteiger partial charge in [-0.1, -0.05) is 30.3 Å². The van der Waals surface area contributed by atoms with Crippen LogP contribution in [0.15, 0.2) is 53.5 Å². The third-order valence-electron chi connectivity index (χ3n) is 4.73. The number of likely N-dealkylation sites (N-methyl/N-ethyl adjacent to an activating group) is 1. The molecule has 7 nitrogen and oxygen atoms in total. The number of para-hydroxylation sites is 1. The maximum absolute atomic E-state index is 11.7. The second-order valence-corrected chi connectivity index (χ2v) is 7.35. The van der Waals surface area contributed by atoms with E-state index >= 15 is 0 Å². The van der Waals surface area contributed by atoms with Crippen molar-refractivity contribution in [1.29, 1.82) is 0 Å². The number of aliphatic imine (C=N–C) groups is 1. The molecule has 1 unspecified atom stereocenters. The Bertz CT molecular complexity index is 864. The second-order valence-electron chi connectivity index (χ2n) is 7.35. The van der Waals surface area contributed by atoms with Crippen LogP contribution in [0, 0.1) is 0 Å². The number of benzene rings is 2. The first-order valence-electron chi connectivity index (χ1n) is 10.2. The average Bonchev–Trinajstić information content (AvgIpc) is 3.17. The number of rotatable bonds is 8. The third kappa shape index (κ3) is 7.61. The quantitative estimate of drug-likeness (QED) is 0.307. The van der Waals surface area contributed by atoms with Crippen LogP contribution in [0.4, 0.5) is 0 Å². The van der Waals surface area contributed by atoms with E-state index in [9.17, 15) is 4.79 Å². The van der Waals surface area contributed by atoms with Crippen molar-refractivity contribution in [2.75, 3.05) is 33.8 Å².